The second kappa shape index (κ2) is 4.70. The van der Waals surface area contributed by atoms with Crippen molar-refractivity contribution in [2.75, 3.05) is 0 Å². The molecule has 70 valence electrons. The van der Waals surface area contributed by atoms with E-state index in [2.05, 4.69) is 16.9 Å². The molecule has 0 unspecified atom stereocenters. The molecule has 0 aliphatic carbocycles. The van der Waals surface area contributed by atoms with Gasteiger partial charge in [-0.05, 0) is 19.8 Å². The van der Waals surface area contributed by atoms with Crippen LogP contribution in [0.4, 0.5) is 0 Å². The van der Waals surface area contributed by atoms with Gasteiger partial charge in [0.25, 0.3) is 0 Å². The number of Topliss-reactive ketones (excluding diaryl/α,β-unsaturated/α-hetero) is 1. The van der Waals surface area contributed by atoms with Gasteiger partial charge < -0.3 is 0 Å². The summed E-state index contributed by atoms with van der Waals surface area (Å²) < 4.78 is 0. The quantitative estimate of drug-likeness (QED) is 0.662. The zero-order valence-electron chi connectivity index (χ0n) is 8.08. The number of hydrogen-bond donors (Lipinski definition) is 0. The largest absolute Gasteiger partial charge is 0.294 e. The third-order valence-electron chi connectivity index (χ3n) is 1.94. The Labute approximate surface area is 78.2 Å². The number of nitrogens with zero attached hydrogens (tertiary/aromatic N) is 2. The van der Waals surface area contributed by atoms with E-state index < -0.39 is 0 Å². The first kappa shape index (κ1) is 9.84. The molecule has 0 aromatic carbocycles. The molecule has 0 atom stereocenters. The molecule has 0 radical (unpaired) electrons. The molecule has 0 spiro atoms. The molecule has 1 rings (SSSR count). The first-order chi connectivity index (χ1) is 6.25. The summed E-state index contributed by atoms with van der Waals surface area (Å²) in [5.74, 6) is 0.0479. The molecular formula is C10H14N2O. The molecule has 0 fully saturated rings. The van der Waals surface area contributed by atoms with E-state index in [0.717, 1.165) is 25.0 Å². The van der Waals surface area contributed by atoms with Gasteiger partial charge in [-0.3, -0.25) is 4.79 Å². The number of ketones is 1. The number of carbonyl (C=O) groups excluding carboxylic acids is 1. The molecule has 1 heterocycles. The molecule has 0 saturated carbocycles. The summed E-state index contributed by atoms with van der Waals surface area (Å²) in [4.78, 5) is 19.1. The zero-order valence-corrected chi connectivity index (χ0v) is 8.08. The molecule has 0 aliphatic heterocycles. The lowest BCUT2D eigenvalue weighted by molar-refractivity contribution is 0.101. The number of aromatic nitrogens is 2. The summed E-state index contributed by atoms with van der Waals surface area (Å²) in [6.45, 7) is 3.67. The maximum absolute atomic E-state index is 11.1. The van der Waals surface area contributed by atoms with E-state index in [0.29, 0.717) is 5.56 Å². The third kappa shape index (κ3) is 2.61. The fraction of sp³-hybridized carbons (Fsp3) is 0.500. The van der Waals surface area contributed by atoms with Gasteiger partial charge in [-0.2, -0.15) is 0 Å². The Hall–Kier alpha value is -1.25. The molecule has 1 aromatic heterocycles. The third-order valence-corrected chi connectivity index (χ3v) is 1.94. The van der Waals surface area contributed by atoms with Crippen molar-refractivity contribution >= 4 is 5.78 Å². The van der Waals surface area contributed by atoms with Crippen molar-refractivity contribution in [3.05, 3.63) is 23.8 Å². The summed E-state index contributed by atoms with van der Waals surface area (Å²) in [6, 6.07) is 0. The molecular weight excluding hydrogens is 164 g/mol. The van der Waals surface area contributed by atoms with Crippen molar-refractivity contribution in [1.82, 2.24) is 9.97 Å². The highest BCUT2D eigenvalue weighted by Crippen LogP contribution is 2.08. The van der Waals surface area contributed by atoms with E-state index in [1.165, 1.54) is 6.33 Å². The first-order valence-corrected chi connectivity index (χ1v) is 4.55. The van der Waals surface area contributed by atoms with Crippen molar-refractivity contribution in [2.24, 2.45) is 0 Å². The molecule has 3 nitrogen and oxygen atoms in total. The number of carbonyl (C=O) groups is 1. The number of unbranched alkanes of at least 4 members (excludes halogenated alkanes) is 1. The highest BCUT2D eigenvalue weighted by atomic mass is 16.1. The predicted octanol–water partition coefficient (Wildman–Crippen LogP) is 2.02. The van der Waals surface area contributed by atoms with E-state index in [4.69, 9.17) is 0 Å². The zero-order chi connectivity index (χ0) is 9.68. The van der Waals surface area contributed by atoms with E-state index in [1.54, 1.807) is 13.1 Å². The van der Waals surface area contributed by atoms with Crippen molar-refractivity contribution in [1.29, 1.82) is 0 Å². The van der Waals surface area contributed by atoms with Crippen molar-refractivity contribution in [3.63, 3.8) is 0 Å². The van der Waals surface area contributed by atoms with Crippen LogP contribution >= 0.6 is 0 Å². The minimum atomic E-state index is 0.0479. The minimum Gasteiger partial charge on any atom is -0.294 e. The summed E-state index contributed by atoms with van der Waals surface area (Å²) in [5.41, 5.74) is 1.54. The van der Waals surface area contributed by atoms with Crippen LogP contribution in [0.5, 0.6) is 0 Å². The van der Waals surface area contributed by atoms with E-state index >= 15 is 0 Å². The first-order valence-electron chi connectivity index (χ1n) is 4.55. The van der Waals surface area contributed by atoms with Crippen LogP contribution in [0.1, 0.15) is 42.7 Å². The van der Waals surface area contributed by atoms with Gasteiger partial charge in [0.2, 0.25) is 0 Å². The standard InChI is InChI=1S/C10H14N2O/c1-3-4-5-10-9(8(2)13)6-11-7-12-10/h6-7H,3-5H2,1-2H3. The molecule has 0 aliphatic rings. The average Bonchev–Trinajstić information content (AvgIpc) is 2.15. The molecule has 0 bridgehead atoms. The molecule has 13 heavy (non-hydrogen) atoms. The van der Waals surface area contributed by atoms with Gasteiger partial charge in [0.15, 0.2) is 5.78 Å². The van der Waals surface area contributed by atoms with E-state index in [-0.39, 0.29) is 5.78 Å². The topological polar surface area (TPSA) is 42.9 Å². The Bertz CT molecular complexity index is 297. The Morgan fingerprint density at radius 2 is 2.31 bits per heavy atom. The van der Waals surface area contributed by atoms with Crippen LogP contribution < -0.4 is 0 Å². The van der Waals surface area contributed by atoms with Crippen LogP contribution in [-0.2, 0) is 6.42 Å². The predicted molar refractivity (Wildman–Crippen MR) is 50.6 cm³/mol. The minimum absolute atomic E-state index is 0.0479. The number of hydrogen-bond acceptors (Lipinski definition) is 3. The lowest BCUT2D eigenvalue weighted by atomic mass is 10.1. The van der Waals surface area contributed by atoms with Gasteiger partial charge in [-0.1, -0.05) is 13.3 Å². The van der Waals surface area contributed by atoms with Gasteiger partial charge in [-0.15, -0.1) is 0 Å². The lowest BCUT2D eigenvalue weighted by Crippen LogP contribution is -2.03. The maximum Gasteiger partial charge on any atom is 0.163 e. The summed E-state index contributed by atoms with van der Waals surface area (Å²) in [5, 5.41) is 0. The Morgan fingerprint density at radius 3 is 2.92 bits per heavy atom. The highest BCUT2D eigenvalue weighted by molar-refractivity contribution is 5.94. The number of rotatable bonds is 4. The fourth-order valence-electron chi connectivity index (χ4n) is 1.19. The molecule has 0 N–H and O–H groups in total. The fourth-order valence-corrected chi connectivity index (χ4v) is 1.19. The van der Waals surface area contributed by atoms with Crippen molar-refractivity contribution in [3.8, 4) is 0 Å². The van der Waals surface area contributed by atoms with Gasteiger partial charge in [0.1, 0.15) is 6.33 Å². The maximum atomic E-state index is 11.1. The Balaban J connectivity index is 2.84. The second-order valence-corrected chi connectivity index (χ2v) is 3.04. The highest BCUT2D eigenvalue weighted by Gasteiger charge is 2.07. The van der Waals surface area contributed by atoms with Gasteiger partial charge in [0.05, 0.1) is 11.3 Å². The lowest BCUT2D eigenvalue weighted by Gasteiger charge is -2.02. The molecule has 0 amide bonds. The normalized spacial score (nSPS) is 10.0. The van der Waals surface area contributed by atoms with Gasteiger partial charge >= 0.3 is 0 Å². The van der Waals surface area contributed by atoms with Gasteiger partial charge in [-0.25, -0.2) is 9.97 Å². The Kier molecular flexibility index (Phi) is 3.55. The van der Waals surface area contributed by atoms with E-state index in [1.807, 2.05) is 0 Å². The van der Waals surface area contributed by atoms with Crippen molar-refractivity contribution in [2.45, 2.75) is 33.1 Å². The molecule has 0 saturated heterocycles. The SMILES string of the molecule is CCCCc1ncncc1C(C)=O. The van der Waals surface area contributed by atoms with E-state index in [9.17, 15) is 4.79 Å². The summed E-state index contributed by atoms with van der Waals surface area (Å²) >= 11 is 0. The summed E-state index contributed by atoms with van der Waals surface area (Å²) in [7, 11) is 0. The van der Waals surface area contributed by atoms with Crippen LogP contribution in [0.25, 0.3) is 0 Å². The average molecular weight is 178 g/mol. The monoisotopic (exact) mass is 178 g/mol. The van der Waals surface area contributed by atoms with Gasteiger partial charge in [0, 0.05) is 6.20 Å². The van der Waals surface area contributed by atoms with Crippen LogP contribution in [-0.4, -0.2) is 15.8 Å². The van der Waals surface area contributed by atoms with Crippen LogP contribution in [0.15, 0.2) is 12.5 Å². The second-order valence-electron chi connectivity index (χ2n) is 3.04. The Morgan fingerprint density at radius 1 is 1.54 bits per heavy atom. The smallest absolute Gasteiger partial charge is 0.163 e. The molecule has 1 aromatic rings. The summed E-state index contributed by atoms with van der Waals surface area (Å²) in [6.07, 6.45) is 6.14. The molecule has 3 heteroatoms. The van der Waals surface area contributed by atoms with Crippen LogP contribution in [0.2, 0.25) is 0 Å². The van der Waals surface area contributed by atoms with Crippen molar-refractivity contribution < 1.29 is 4.79 Å². The van der Waals surface area contributed by atoms with Crippen LogP contribution in [0, 0.1) is 0 Å². The van der Waals surface area contributed by atoms with Crippen LogP contribution in [0.3, 0.4) is 0 Å². The number of aryl methyl sites for hydroxylation is 1.